The van der Waals surface area contributed by atoms with Crippen LogP contribution in [0.15, 0.2) is 67.0 Å². The Balaban J connectivity index is 1.46. The lowest BCUT2D eigenvalue weighted by atomic mass is 10.1. The fraction of sp³-hybridized carbons (Fsp3) is 0.227. The molecule has 1 aliphatic heterocycles. The highest BCUT2D eigenvalue weighted by atomic mass is 19.1. The zero-order chi connectivity index (χ0) is 19.5. The second-order valence-electron chi connectivity index (χ2n) is 6.87. The molecule has 0 radical (unpaired) electrons. The van der Waals surface area contributed by atoms with E-state index < -0.39 is 5.82 Å². The molecule has 1 aliphatic rings. The molecule has 144 valence electrons. The van der Waals surface area contributed by atoms with Crippen LogP contribution in [0.4, 0.5) is 14.5 Å². The average molecular weight is 381 g/mol. The lowest BCUT2D eigenvalue weighted by Gasteiger charge is -2.24. The Kier molecular flexibility index (Phi) is 5.10. The van der Waals surface area contributed by atoms with Crippen molar-refractivity contribution in [2.45, 2.75) is 6.42 Å². The number of carbonyl (C=O) groups is 1. The van der Waals surface area contributed by atoms with Gasteiger partial charge in [-0.05, 0) is 61.0 Å². The number of hydrogen-bond acceptors (Lipinski definition) is 2. The van der Waals surface area contributed by atoms with E-state index >= 15 is 0 Å². The summed E-state index contributed by atoms with van der Waals surface area (Å²) in [5.41, 5.74) is 1.71. The molecule has 1 aromatic heterocycles. The Morgan fingerprint density at radius 2 is 1.61 bits per heavy atom. The van der Waals surface area contributed by atoms with Crippen molar-refractivity contribution in [1.82, 2.24) is 9.47 Å². The second-order valence-corrected chi connectivity index (χ2v) is 6.87. The van der Waals surface area contributed by atoms with Gasteiger partial charge in [-0.2, -0.15) is 0 Å². The van der Waals surface area contributed by atoms with Crippen LogP contribution in [0.5, 0.6) is 0 Å². The third-order valence-corrected chi connectivity index (χ3v) is 5.05. The zero-order valence-corrected chi connectivity index (χ0v) is 15.4. The van der Waals surface area contributed by atoms with Crippen molar-refractivity contribution < 1.29 is 13.6 Å². The molecule has 1 saturated heterocycles. The van der Waals surface area contributed by atoms with E-state index in [0.717, 1.165) is 18.7 Å². The molecule has 0 spiro atoms. The highest BCUT2D eigenvalue weighted by Crippen LogP contribution is 2.20. The van der Waals surface area contributed by atoms with Gasteiger partial charge in [-0.1, -0.05) is 0 Å². The van der Waals surface area contributed by atoms with Gasteiger partial charge in [-0.15, -0.1) is 0 Å². The lowest BCUT2D eigenvalue weighted by Crippen LogP contribution is -2.35. The summed E-state index contributed by atoms with van der Waals surface area (Å²) < 4.78 is 29.3. The van der Waals surface area contributed by atoms with Crippen LogP contribution < -0.4 is 4.90 Å². The van der Waals surface area contributed by atoms with Gasteiger partial charge in [0.25, 0.3) is 5.91 Å². The van der Waals surface area contributed by atoms with Crippen molar-refractivity contribution in [3.8, 4) is 5.69 Å². The average Bonchev–Trinajstić information content (AvgIpc) is 3.12. The molecule has 2 aromatic carbocycles. The first-order valence-corrected chi connectivity index (χ1v) is 9.34. The number of amides is 1. The molecule has 3 aromatic rings. The number of rotatable bonds is 3. The Hall–Kier alpha value is -3.15. The largest absolute Gasteiger partial charge is 0.370 e. The molecule has 28 heavy (non-hydrogen) atoms. The van der Waals surface area contributed by atoms with Crippen molar-refractivity contribution in [1.29, 1.82) is 0 Å². The van der Waals surface area contributed by atoms with Crippen LogP contribution >= 0.6 is 0 Å². The Bertz CT molecular complexity index is 954. The third kappa shape index (κ3) is 3.76. The fourth-order valence-electron chi connectivity index (χ4n) is 3.56. The smallest absolute Gasteiger partial charge is 0.254 e. The lowest BCUT2D eigenvalue weighted by molar-refractivity contribution is 0.0766. The van der Waals surface area contributed by atoms with Crippen LogP contribution in [0.1, 0.15) is 16.8 Å². The monoisotopic (exact) mass is 381 g/mol. The van der Waals surface area contributed by atoms with Crippen molar-refractivity contribution in [2.24, 2.45) is 0 Å². The minimum absolute atomic E-state index is 0.168. The summed E-state index contributed by atoms with van der Waals surface area (Å²) in [5.74, 6) is -0.857. The molecule has 4 nitrogen and oxygen atoms in total. The maximum atomic E-state index is 14.5. The predicted molar refractivity (Wildman–Crippen MR) is 105 cm³/mol. The maximum absolute atomic E-state index is 14.5. The summed E-state index contributed by atoms with van der Waals surface area (Å²) in [6, 6.07) is 14.6. The molecule has 0 atom stereocenters. The van der Waals surface area contributed by atoms with E-state index in [2.05, 4.69) is 4.90 Å². The van der Waals surface area contributed by atoms with Gasteiger partial charge in [-0.25, -0.2) is 8.78 Å². The summed E-state index contributed by atoms with van der Waals surface area (Å²) in [6.07, 6.45) is 4.32. The molecule has 0 aliphatic carbocycles. The topological polar surface area (TPSA) is 28.5 Å². The first-order chi connectivity index (χ1) is 13.6. The van der Waals surface area contributed by atoms with E-state index in [1.807, 2.05) is 12.1 Å². The normalized spacial score (nSPS) is 14.8. The molecule has 1 amide bonds. The van der Waals surface area contributed by atoms with Crippen molar-refractivity contribution in [2.75, 3.05) is 31.1 Å². The Morgan fingerprint density at radius 1 is 0.857 bits per heavy atom. The summed E-state index contributed by atoms with van der Waals surface area (Å²) >= 11 is 0. The molecule has 0 unspecified atom stereocenters. The summed E-state index contributed by atoms with van der Waals surface area (Å²) in [6.45, 7) is 2.59. The highest BCUT2D eigenvalue weighted by molar-refractivity contribution is 5.94. The van der Waals surface area contributed by atoms with Crippen LogP contribution in [-0.4, -0.2) is 41.6 Å². The molecule has 0 N–H and O–H groups in total. The predicted octanol–water partition coefficient (Wildman–Crippen LogP) is 4.11. The molecular formula is C22H21F2N3O. The zero-order valence-electron chi connectivity index (χ0n) is 15.4. The Morgan fingerprint density at radius 3 is 2.32 bits per heavy atom. The number of aromatic nitrogens is 1. The molecular weight excluding hydrogens is 360 g/mol. The number of benzene rings is 2. The third-order valence-electron chi connectivity index (χ3n) is 5.05. The first kappa shape index (κ1) is 18.2. The van der Waals surface area contributed by atoms with E-state index in [4.69, 9.17) is 0 Å². The van der Waals surface area contributed by atoms with Gasteiger partial charge in [0.15, 0.2) is 0 Å². The molecule has 1 fully saturated rings. The number of anilines is 1. The molecule has 2 heterocycles. The maximum Gasteiger partial charge on any atom is 0.254 e. The molecule has 4 rings (SSSR count). The van der Waals surface area contributed by atoms with E-state index in [1.165, 1.54) is 18.2 Å². The Labute approximate surface area is 162 Å². The molecule has 0 bridgehead atoms. The minimum atomic E-state index is -0.426. The number of hydrogen-bond donors (Lipinski definition) is 0. The van der Waals surface area contributed by atoms with Gasteiger partial charge in [-0.3, -0.25) is 4.79 Å². The van der Waals surface area contributed by atoms with Crippen molar-refractivity contribution >= 4 is 11.6 Å². The van der Waals surface area contributed by atoms with E-state index in [9.17, 15) is 13.6 Å². The fourth-order valence-corrected chi connectivity index (χ4v) is 3.56. The van der Waals surface area contributed by atoms with Gasteiger partial charge in [0.05, 0.1) is 5.69 Å². The van der Waals surface area contributed by atoms with Gasteiger partial charge in [0, 0.05) is 49.8 Å². The van der Waals surface area contributed by atoms with Crippen LogP contribution in [0.25, 0.3) is 5.69 Å². The van der Waals surface area contributed by atoms with Crippen LogP contribution in [0.2, 0.25) is 0 Å². The summed E-state index contributed by atoms with van der Waals surface area (Å²) in [5, 5.41) is 0. The van der Waals surface area contributed by atoms with Crippen LogP contribution in [-0.2, 0) is 0 Å². The summed E-state index contributed by atoms with van der Waals surface area (Å²) in [7, 11) is 0. The van der Waals surface area contributed by atoms with Gasteiger partial charge in [0.2, 0.25) is 0 Å². The van der Waals surface area contributed by atoms with Crippen LogP contribution in [0.3, 0.4) is 0 Å². The van der Waals surface area contributed by atoms with Crippen LogP contribution in [0, 0.1) is 11.6 Å². The number of carbonyl (C=O) groups excluding carboxylic acids is 1. The standard InChI is InChI=1S/C22H21F2N3O/c23-18-5-7-19(8-6-18)25-12-3-13-27(15-14-25)22(28)17-4-9-21(20(24)16-17)26-10-1-2-11-26/h1-2,4-11,16H,3,12-15H2. The van der Waals surface area contributed by atoms with E-state index in [-0.39, 0.29) is 11.7 Å². The molecule has 0 saturated carbocycles. The highest BCUT2D eigenvalue weighted by Gasteiger charge is 2.21. The van der Waals surface area contributed by atoms with Crippen molar-refractivity contribution in [3.63, 3.8) is 0 Å². The van der Waals surface area contributed by atoms with Gasteiger partial charge >= 0.3 is 0 Å². The van der Waals surface area contributed by atoms with E-state index in [0.29, 0.717) is 30.9 Å². The second kappa shape index (κ2) is 7.84. The van der Waals surface area contributed by atoms with Gasteiger partial charge in [0.1, 0.15) is 11.6 Å². The van der Waals surface area contributed by atoms with Gasteiger partial charge < -0.3 is 14.4 Å². The molecule has 6 heteroatoms. The summed E-state index contributed by atoms with van der Waals surface area (Å²) in [4.78, 5) is 16.8. The number of halogens is 2. The SMILES string of the molecule is O=C(c1ccc(-n2cccc2)c(F)c1)N1CCCN(c2ccc(F)cc2)CC1. The van der Waals surface area contributed by atoms with Crippen molar-refractivity contribution in [3.05, 3.63) is 84.2 Å². The number of nitrogens with zero attached hydrogens (tertiary/aromatic N) is 3. The van der Waals surface area contributed by atoms with E-state index in [1.54, 1.807) is 46.1 Å². The quantitative estimate of drug-likeness (QED) is 0.683. The minimum Gasteiger partial charge on any atom is -0.370 e. The first-order valence-electron chi connectivity index (χ1n) is 9.34.